The van der Waals surface area contributed by atoms with Crippen molar-refractivity contribution in [3.05, 3.63) is 41.0 Å². The van der Waals surface area contributed by atoms with Gasteiger partial charge in [0, 0.05) is 31.1 Å². The number of nitrogens with zero attached hydrogens (tertiary/aromatic N) is 3. The number of pyridine rings is 1. The predicted octanol–water partition coefficient (Wildman–Crippen LogP) is 2.66. The van der Waals surface area contributed by atoms with Crippen LogP contribution in [0.5, 0.6) is 0 Å². The molecule has 0 aliphatic carbocycles. The van der Waals surface area contributed by atoms with E-state index in [1.54, 1.807) is 6.07 Å². The summed E-state index contributed by atoms with van der Waals surface area (Å²) in [7, 11) is 2.08. The Kier molecular flexibility index (Phi) is 3.83. The van der Waals surface area contributed by atoms with E-state index in [0.29, 0.717) is 16.8 Å². The van der Waals surface area contributed by atoms with Crippen molar-refractivity contribution in [2.24, 2.45) is 0 Å². The summed E-state index contributed by atoms with van der Waals surface area (Å²) < 4.78 is 0. The van der Waals surface area contributed by atoms with Crippen molar-refractivity contribution >= 4 is 28.4 Å². The number of aromatic nitrogens is 1. The van der Waals surface area contributed by atoms with E-state index >= 15 is 0 Å². The second-order valence-electron chi connectivity index (χ2n) is 5.59. The Balaban J connectivity index is 1.91. The number of benzene rings is 1. The van der Waals surface area contributed by atoms with Crippen molar-refractivity contribution in [3.8, 4) is 0 Å². The number of amides is 1. The first-order chi connectivity index (χ1) is 10.1. The number of rotatable bonds is 1. The molecule has 0 spiro atoms. The zero-order chi connectivity index (χ0) is 15.0. The normalized spacial score (nSPS) is 20.0. The van der Waals surface area contributed by atoms with Gasteiger partial charge < -0.3 is 9.80 Å². The fraction of sp³-hybridized carbons (Fsp3) is 0.375. The van der Waals surface area contributed by atoms with E-state index in [4.69, 9.17) is 11.6 Å². The molecule has 0 radical (unpaired) electrons. The molecule has 0 bridgehead atoms. The summed E-state index contributed by atoms with van der Waals surface area (Å²) in [5.41, 5.74) is 1.19. The molecule has 1 saturated heterocycles. The highest BCUT2D eigenvalue weighted by molar-refractivity contribution is 6.35. The highest BCUT2D eigenvalue weighted by Crippen LogP contribution is 2.23. The zero-order valence-corrected chi connectivity index (χ0v) is 13.0. The Morgan fingerprint density at radius 3 is 2.86 bits per heavy atom. The molecule has 0 saturated carbocycles. The molecule has 4 nitrogen and oxygen atoms in total. The van der Waals surface area contributed by atoms with Crippen LogP contribution >= 0.6 is 11.6 Å². The van der Waals surface area contributed by atoms with Crippen molar-refractivity contribution < 1.29 is 4.79 Å². The fourth-order valence-electron chi connectivity index (χ4n) is 2.64. The average molecular weight is 304 g/mol. The van der Waals surface area contributed by atoms with Crippen LogP contribution in [0.4, 0.5) is 0 Å². The van der Waals surface area contributed by atoms with E-state index in [2.05, 4.69) is 23.9 Å². The van der Waals surface area contributed by atoms with Gasteiger partial charge in [0.1, 0.15) is 5.69 Å². The van der Waals surface area contributed by atoms with Crippen molar-refractivity contribution in [3.63, 3.8) is 0 Å². The number of hydrogen-bond donors (Lipinski definition) is 0. The minimum absolute atomic E-state index is 0.0393. The molecular formula is C16H18ClN3O. The number of likely N-dealkylation sites (N-methyl/N-ethyl adjacent to an activating group) is 1. The summed E-state index contributed by atoms with van der Waals surface area (Å²) in [6.45, 7) is 4.46. The van der Waals surface area contributed by atoms with Crippen LogP contribution in [0.25, 0.3) is 10.9 Å². The largest absolute Gasteiger partial charge is 0.334 e. The van der Waals surface area contributed by atoms with Gasteiger partial charge in [-0.3, -0.25) is 4.79 Å². The van der Waals surface area contributed by atoms with Crippen molar-refractivity contribution in [1.82, 2.24) is 14.8 Å². The molecule has 1 aliphatic rings. The minimum atomic E-state index is -0.0393. The smallest absolute Gasteiger partial charge is 0.272 e. The van der Waals surface area contributed by atoms with Crippen LogP contribution in [-0.2, 0) is 0 Å². The Morgan fingerprint density at radius 1 is 1.33 bits per heavy atom. The number of hydrogen-bond acceptors (Lipinski definition) is 3. The quantitative estimate of drug-likeness (QED) is 0.812. The van der Waals surface area contributed by atoms with Crippen molar-refractivity contribution in [2.75, 3.05) is 26.7 Å². The molecule has 1 atom stereocenters. The van der Waals surface area contributed by atoms with Crippen LogP contribution in [0, 0.1) is 0 Å². The minimum Gasteiger partial charge on any atom is -0.334 e. The lowest BCUT2D eigenvalue weighted by molar-refractivity contribution is 0.0567. The third-order valence-electron chi connectivity index (χ3n) is 4.13. The summed E-state index contributed by atoms with van der Waals surface area (Å²) in [5, 5.41) is 1.45. The van der Waals surface area contributed by atoms with Crippen LogP contribution in [0.1, 0.15) is 17.4 Å². The van der Waals surface area contributed by atoms with Gasteiger partial charge in [0.25, 0.3) is 5.91 Å². The molecule has 1 aliphatic heterocycles. The van der Waals surface area contributed by atoms with Crippen LogP contribution in [0.15, 0.2) is 30.3 Å². The molecule has 1 aromatic carbocycles. The monoisotopic (exact) mass is 303 g/mol. The van der Waals surface area contributed by atoms with Gasteiger partial charge in [-0.2, -0.15) is 0 Å². The van der Waals surface area contributed by atoms with Crippen LogP contribution in [0.2, 0.25) is 5.02 Å². The lowest BCUT2D eigenvalue weighted by Crippen LogP contribution is -2.52. The van der Waals surface area contributed by atoms with Gasteiger partial charge in [-0.05, 0) is 26.1 Å². The van der Waals surface area contributed by atoms with Gasteiger partial charge in [0.05, 0.1) is 10.5 Å². The second-order valence-corrected chi connectivity index (χ2v) is 5.99. The highest BCUT2D eigenvalue weighted by atomic mass is 35.5. The van der Waals surface area contributed by atoms with E-state index in [1.165, 1.54) is 0 Å². The third-order valence-corrected chi connectivity index (χ3v) is 4.44. The molecule has 3 rings (SSSR count). The lowest BCUT2D eigenvalue weighted by Gasteiger charge is -2.37. The number of piperazine rings is 1. The summed E-state index contributed by atoms with van der Waals surface area (Å²) in [4.78, 5) is 21.2. The number of halogens is 1. The van der Waals surface area contributed by atoms with E-state index in [9.17, 15) is 4.79 Å². The maximum atomic E-state index is 12.6. The molecule has 5 heteroatoms. The van der Waals surface area contributed by atoms with E-state index in [-0.39, 0.29) is 5.91 Å². The molecule has 2 aromatic rings. The predicted molar refractivity (Wildman–Crippen MR) is 84.7 cm³/mol. The standard InChI is InChI=1S/C16H18ClN3O/c1-11-10-20(8-7-19(11)2)16(21)15-9-13(17)12-5-3-4-6-14(12)18-15/h3-6,9,11H,7-8,10H2,1-2H3. The SMILES string of the molecule is CC1CN(C(=O)c2cc(Cl)c3ccccc3n2)CCN1C. The fourth-order valence-corrected chi connectivity index (χ4v) is 2.90. The van der Waals surface area contributed by atoms with Crippen molar-refractivity contribution in [1.29, 1.82) is 0 Å². The summed E-state index contributed by atoms with van der Waals surface area (Å²) >= 11 is 6.28. The van der Waals surface area contributed by atoms with Gasteiger partial charge >= 0.3 is 0 Å². The molecule has 1 aromatic heterocycles. The number of carbonyl (C=O) groups excluding carboxylic acids is 1. The molecule has 0 N–H and O–H groups in total. The first-order valence-corrected chi connectivity index (χ1v) is 7.49. The van der Waals surface area contributed by atoms with Crippen LogP contribution in [0.3, 0.4) is 0 Å². The summed E-state index contributed by atoms with van der Waals surface area (Å²) in [5.74, 6) is -0.0393. The molecular weight excluding hydrogens is 286 g/mol. The first-order valence-electron chi connectivity index (χ1n) is 7.11. The van der Waals surface area contributed by atoms with Crippen LogP contribution < -0.4 is 0 Å². The van der Waals surface area contributed by atoms with Gasteiger partial charge in [-0.1, -0.05) is 29.8 Å². The Labute approximate surface area is 129 Å². The van der Waals surface area contributed by atoms with Gasteiger partial charge in [0.15, 0.2) is 0 Å². The van der Waals surface area contributed by atoms with E-state index in [1.807, 2.05) is 29.2 Å². The molecule has 1 unspecified atom stereocenters. The zero-order valence-electron chi connectivity index (χ0n) is 12.2. The highest BCUT2D eigenvalue weighted by Gasteiger charge is 2.26. The summed E-state index contributed by atoms with van der Waals surface area (Å²) in [6.07, 6.45) is 0. The maximum absolute atomic E-state index is 12.6. The molecule has 2 heterocycles. The van der Waals surface area contributed by atoms with Gasteiger partial charge in [-0.15, -0.1) is 0 Å². The van der Waals surface area contributed by atoms with Crippen molar-refractivity contribution in [2.45, 2.75) is 13.0 Å². The molecule has 110 valence electrons. The Morgan fingerprint density at radius 2 is 2.10 bits per heavy atom. The first kappa shape index (κ1) is 14.3. The Hall–Kier alpha value is -1.65. The third kappa shape index (κ3) is 2.74. The molecule has 21 heavy (non-hydrogen) atoms. The number of para-hydroxylation sites is 1. The Bertz CT molecular complexity index is 688. The summed E-state index contributed by atoms with van der Waals surface area (Å²) in [6, 6.07) is 9.65. The second kappa shape index (κ2) is 5.62. The maximum Gasteiger partial charge on any atom is 0.272 e. The lowest BCUT2D eigenvalue weighted by atomic mass is 10.1. The average Bonchev–Trinajstić information content (AvgIpc) is 2.49. The molecule has 1 amide bonds. The van der Waals surface area contributed by atoms with Gasteiger partial charge in [0.2, 0.25) is 0 Å². The number of fused-ring (bicyclic) bond motifs is 1. The van der Waals surface area contributed by atoms with E-state index < -0.39 is 0 Å². The van der Waals surface area contributed by atoms with Gasteiger partial charge in [-0.25, -0.2) is 4.98 Å². The van der Waals surface area contributed by atoms with E-state index in [0.717, 1.165) is 30.5 Å². The molecule has 1 fully saturated rings. The van der Waals surface area contributed by atoms with Crippen LogP contribution in [-0.4, -0.2) is 53.4 Å². The topological polar surface area (TPSA) is 36.4 Å². The number of carbonyl (C=O) groups is 1.